The van der Waals surface area contributed by atoms with Crippen LogP contribution in [0.1, 0.15) is 39.0 Å². The Balaban J connectivity index is 0. The molecule has 57 valence electrons. The van der Waals surface area contributed by atoms with Gasteiger partial charge in [-0.2, -0.15) is 0 Å². The quantitative estimate of drug-likeness (QED) is 0.342. The van der Waals surface area contributed by atoms with Gasteiger partial charge in [0, 0.05) is 0 Å². The van der Waals surface area contributed by atoms with Gasteiger partial charge < -0.3 is 0 Å². The van der Waals surface area contributed by atoms with Crippen LogP contribution in [0.5, 0.6) is 0 Å². The van der Waals surface area contributed by atoms with E-state index in [1.807, 2.05) is 6.08 Å². The van der Waals surface area contributed by atoms with Gasteiger partial charge in [0.05, 0.1) is 0 Å². The molecule has 9 heavy (non-hydrogen) atoms. The largest absolute Gasteiger partial charge is 2.00 e. The molecular formula is C8H16Cu+2. The molecule has 0 heterocycles. The van der Waals surface area contributed by atoms with E-state index in [1.54, 1.807) is 0 Å². The molecule has 0 N–H and O–H groups in total. The molecule has 0 aliphatic rings. The molecule has 1 heteroatoms. The van der Waals surface area contributed by atoms with Gasteiger partial charge in [-0.1, -0.05) is 32.3 Å². The minimum Gasteiger partial charge on any atom is -0.103 e. The molecule has 0 rings (SSSR count). The van der Waals surface area contributed by atoms with Crippen molar-refractivity contribution < 1.29 is 17.1 Å². The van der Waals surface area contributed by atoms with Gasteiger partial charge >= 0.3 is 17.1 Å². The fourth-order valence-corrected chi connectivity index (χ4v) is 0.715. The Labute approximate surface area is 69.2 Å². The molecule has 0 bridgehead atoms. The summed E-state index contributed by atoms with van der Waals surface area (Å²) in [7, 11) is 0. The average molecular weight is 176 g/mol. The predicted molar refractivity (Wildman–Crippen MR) is 39.0 cm³/mol. The summed E-state index contributed by atoms with van der Waals surface area (Å²) < 4.78 is 0. The maximum absolute atomic E-state index is 3.66. The minimum absolute atomic E-state index is 0. The van der Waals surface area contributed by atoms with Crippen LogP contribution in [0, 0.1) is 0 Å². The van der Waals surface area contributed by atoms with E-state index < -0.39 is 0 Å². The molecule has 0 amide bonds. The van der Waals surface area contributed by atoms with Gasteiger partial charge in [0.25, 0.3) is 0 Å². The van der Waals surface area contributed by atoms with Gasteiger partial charge in [0.15, 0.2) is 0 Å². The summed E-state index contributed by atoms with van der Waals surface area (Å²) in [6.45, 7) is 5.89. The van der Waals surface area contributed by atoms with Crippen LogP contribution in [0.15, 0.2) is 12.7 Å². The third-order valence-electron chi connectivity index (χ3n) is 1.26. The van der Waals surface area contributed by atoms with E-state index in [9.17, 15) is 0 Å². The fourth-order valence-electron chi connectivity index (χ4n) is 0.715. The molecule has 0 unspecified atom stereocenters. The summed E-state index contributed by atoms with van der Waals surface area (Å²) in [6.07, 6.45) is 8.61. The Morgan fingerprint density at radius 1 is 1.22 bits per heavy atom. The molecule has 1 radical (unpaired) electrons. The van der Waals surface area contributed by atoms with E-state index >= 15 is 0 Å². The van der Waals surface area contributed by atoms with E-state index in [2.05, 4.69) is 13.5 Å². The summed E-state index contributed by atoms with van der Waals surface area (Å²) in [4.78, 5) is 0. The molecule has 0 aromatic heterocycles. The second-order valence-corrected chi connectivity index (χ2v) is 2.14. The van der Waals surface area contributed by atoms with Crippen molar-refractivity contribution in [2.24, 2.45) is 0 Å². The Hall–Kier alpha value is 0.259. The first-order valence-electron chi connectivity index (χ1n) is 3.52. The zero-order chi connectivity index (χ0) is 6.24. The van der Waals surface area contributed by atoms with Crippen LogP contribution in [0.4, 0.5) is 0 Å². The van der Waals surface area contributed by atoms with E-state index in [-0.39, 0.29) is 17.1 Å². The van der Waals surface area contributed by atoms with Crippen molar-refractivity contribution in [1.82, 2.24) is 0 Å². The first-order valence-corrected chi connectivity index (χ1v) is 3.52. The summed E-state index contributed by atoms with van der Waals surface area (Å²) >= 11 is 0. The number of rotatable bonds is 5. The van der Waals surface area contributed by atoms with Gasteiger partial charge in [-0.3, -0.25) is 0 Å². The molecule has 0 atom stereocenters. The molecule has 0 aromatic carbocycles. The average Bonchev–Trinajstić information content (AvgIpc) is 1.81. The summed E-state index contributed by atoms with van der Waals surface area (Å²) in [5.74, 6) is 0. The van der Waals surface area contributed by atoms with Crippen molar-refractivity contribution in [3.8, 4) is 0 Å². The number of hydrogen-bond donors (Lipinski definition) is 0. The zero-order valence-corrected chi connectivity index (χ0v) is 7.06. The standard InChI is InChI=1S/C8H16.Cu/c1-3-5-7-8-6-4-2;/h3H,1,4-8H2,2H3;/q;+2. The molecule has 0 aliphatic carbocycles. The number of hydrogen-bond acceptors (Lipinski definition) is 0. The van der Waals surface area contributed by atoms with Crippen molar-refractivity contribution in [1.29, 1.82) is 0 Å². The topological polar surface area (TPSA) is 0 Å². The van der Waals surface area contributed by atoms with Gasteiger partial charge in [-0.15, -0.1) is 6.58 Å². The number of allylic oxidation sites excluding steroid dienone is 1. The van der Waals surface area contributed by atoms with E-state index in [4.69, 9.17) is 0 Å². The second kappa shape index (κ2) is 11.1. The van der Waals surface area contributed by atoms with Gasteiger partial charge in [-0.25, -0.2) is 0 Å². The van der Waals surface area contributed by atoms with Crippen LogP contribution >= 0.6 is 0 Å². The van der Waals surface area contributed by atoms with Gasteiger partial charge in [-0.05, 0) is 12.8 Å². The summed E-state index contributed by atoms with van der Waals surface area (Å²) in [6, 6.07) is 0. The van der Waals surface area contributed by atoms with Crippen LogP contribution in [0.2, 0.25) is 0 Å². The second-order valence-electron chi connectivity index (χ2n) is 2.14. The van der Waals surface area contributed by atoms with E-state index in [0.29, 0.717) is 0 Å². The third kappa shape index (κ3) is 11.7. The molecule has 0 aliphatic heterocycles. The molecular weight excluding hydrogens is 160 g/mol. The molecule has 0 spiro atoms. The SMILES string of the molecule is C=CCCCCCC.[Cu+2]. The smallest absolute Gasteiger partial charge is 0.103 e. The minimum atomic E-state index is 0. The zero-order valence-electron chi connectivity index (χ0n) is 6.12. The maximum Gasteiger partial charge on any atom is 2.00 e. The monoisotopic (exact) mass is 175 g/mol. The molecule has 0 fully saturated rings. The van der Waals surface area contributed by atoms with Gasteiger partial charge in [0.2, 0.25) is 0 Å². The van der Waals surface area contributed by atoms with Crippen LogP contribution < -0.4 is 0 Å². The first kappa shape index (κ1) is 12.0. The Morgan fingerprint density at radius 2 is 1.89 bits per heavy atom. The van der Waals surface area contributed by atoms with Crippen LogP contribution in [-0.2, 0) is 17.1 Å². The Kier molecular flexibility index (Phi) is 14.8. The molecule has 0 nitrogen and oxygen atoms in total. The van der Waals surface area contributed by atoms with Crippen molar-refractivity contribution in [3.05, 3.63) is 12.7 Å². The van der Waals surface area contributed by atoms with Crippen molar-refractivity contribution in [3.63, 3.8) is 0 Å². The third-order valence-corrected chi connectivity index (χ3v) is 1.26. The van der Waals surface area contributed by atoms with Crippen molar-refractivity contribution in [2.45, 2.75) is 39.0 Å². The molecule has 0 aromatic rings. The van der Waals surface area contributed by atoms with Crippen molar-refractivity contribution in [2.75, 3.05) is 0 Å². The predicted octanol–water partition coefficient (Wildman–Crippen LogP) is 3.14. The van der Waals surface area contributed by atoms with Crippen molar-refractivity contribution >= 4 is 0 Å². The molecule has 0 saturated carbocycles. The van der Waals surface area contributed by atoms with Crippen LogP contribution in [0.25, 0.3) is 0 Å². The maximum atomic E-state index is 3.66. The van der Waals surface area contributed by atoms with E-state index in [0.717, 1.165) is 0 Å². The Bertz CT molecular complexity index is 50.5. The van der Waals surface area contributed by atoms with Crippen LogP contribution in [-0.4, -0.2) is 0 Å². The fraction of sp³-hybridized carbons (Fsp3) is 0.750. The molecule has 0 saturated heterocycles. The summed E-state index contributed by atoms with van der Waals surface area (Å²) in [5, 5.41) is 0. The first-order chi connectivity index (χ1) is 3.91. The normalized spacial score (nSPS) is 8.11. The van der Waals surface area contributed by atoms with Crippen LogP contribution in [0.3, 0.4) is 0 Å². The summed E-state index contributed by atoms with van der Waals surface area (Å²) in [5.41, 5.74) is 0. The van der Waals surface area contributed by atoms with E-state index in [1.165, 1.54) is 32.1 Å². The Morgan fingerprint density at radius 3 is 2.33 bits per heavy atom. The van der Waals surface area contributed by atoms with Gasteiger partial charge in [0.1, 0.15) is 0 Å². The number of unbranched alkanes of at least 4 members (excludes halogenated alkanes) is 4.